The maximum absolute atomic E-state index is 5.21. The van der Waals surface area contributed by atoms with E-state index in [1.807, 2.05) is 6.92 Å². The molecule has 0 spiro atoms. The Hall–Kier alpha value is -0.560. The molecule has 1 aliphatic rings. The van der Waals surface area contributed by atoms with E-state index in [9.17, 15) is 0 Å². The van der Waals surface area contributed by atoms with Crippen molar-refractivity contribution >= 4 is 0 Å². The molecule has 0 aromatic carbocycles. The summed E-state index contributed by atoms with van der Waals surface area (Å²) in [4.78, 5) is 0. The maximum Gasteiger partial charge on any atom is 0.0650 e. The zero-order chi connectivity index (χ0) is 8.65. The predicted molar refractivity (Wildman–Crippen MR) is 52.2 cm³/mol. The van der Waals surface area contributed by atoms with Gasteiger partial charge in [0.1, 0.15) is 0 Å². The van der Waals surface area contributed by atoms with Crippen molar-refractivity contribution in [2.45, 2.75) is 32.6 Å². The number of hydrogen-bond donors (Lipinski definition) is 0. The van der Waals surface area contributed by atoms with Gasteiger partial charge in [0.15, 0.2) is 0 Å². The second-order valence-electron chi connectivity index (χ2n) is 3.09. The van der Waals surface area contributed by atoms with Crippen molar-refractivity contribution in [1.29, 1.82) is 0 Å². The third-order valence-electron chi connectivity index (χ3n) is 2.08. The van der Waals surface area contributed by atoms with E-state index in [0.717, 1.165) is 13.2 Å². The summed E-state index contributed by atoms with van der Waals surface area (Å²) in [6.45, 7) is 3.59. The van der Waals surface area contributed by atoms with Crippen molar-refractivity contribution in [3.63, 3.8) is 0 Å². The first-order chi connectivity index (χ1) is 5.93. The molecule has 0 bridgehead atoms. The van der Waals surface area contributed by atoms with Crippen molar-refractivity contribution in [2.75, 3.05) is 13.2 Å². The molecule has 1 aliphatic carbocycles. The normalized spacial score (nSPS) is 18.2. The molecule has 0 fully saturated rings. The van der Waals surface area contributed by atoms with Crippen LogP contribution < -0.4 is 0 Å². The van der Waals surface area contributed by atoms with Crippen LogP contribution in [0.3, 0.4) is 0 Å². The van der Waals surface area contributed by atoms with Crippen LogP contribution in [-0.2, 0) is 4.74 Å². The fraction of sp³-hybridized carbons (Fsp3) is 0.636. The SMILES string of the molecule is CCOC/C=C/C1=CCCCC1. The van der Waals surface area contributed by atoms with Crippen LogP contribution in [0.15, 0.2) is 23.8 Å². The van der Waals surface area contributed by atoms with Crippen molar-refractivity contribution < 1.29 is 4.74 Å². The molecule has 0 saturated heterocycles. The molecule has 0 unspecified atom stereocenters. The zero-order valence-corrected chi connectivity index (χ0v) is 7.88. The lowest BCUT2D eigenvalue weighted by Crippen LogP contribution is -1.91. The monoisotopic (exact) mass is 166 g/mol. The van der Waals surface area contributed by atoms with E-state index in [1.54, 1.807) is 0 Å². The van der Waals surface area contributed by atoms with E-state index in [1.165, 1.54) is 31.3 Å². The lowest BCUT2D eigenvalue weighted by atomic mass is 9.99. The Kier molecular flexibility index (Phi) is 4.77. The molecule has 0 aromatic rings. The van der Waals surface area contributed by atoms with Gasteiger partial charge >= 0.3 is 0 Å². The average molecular weight is 166 g/mol. The van der Waals surface area contributed by atoms with Gasteiger partial charge in [-0.3, -0.25) is 0 Å². The Morgan fingerprint density at radius 3 is 3.08 bits per heavy atom. The van der Waals surface area contributed by atoms with Gasteiger partial charge in [-0.1, -0.05) is 23.8 Å². The molecule has 0 amide bonds. The Morgan fingerprint density at radius 1 is 1.50 bits per heavy atom. The lowest BCUT2D eigenvalue weighted by Gasteiger charge is -2.07. The molecule has 0 aromatic heterocycles. The van der Waals surface area contributed by atoms with Crippen LogP contribution in [0, 0.1) is 0 Å². The van der Waals surface area contributed by atoms with Crippen LogP contribution in [0.4, 0.5) is 0 Å². The minimum Gasteiger partial charge on any atom is -0.378 e. The van der Waals surface area contributed by atoms with Gasteiger partial charge in [-0.2, -0.15) is 0 Å². The molecule has 1 nitrogen and oxygen atoms in total. The minimum absolute atomic E-state index is 0.758. The largest absolute Gasteiger partial charge is 0.378 e. The third kappa shape index (κ3) is 3.72. The Balaban J connectivity index is 2.19. The summed E-state index contributed by atoms with van der Waals surface area (Å²) in [5.41, 5.74) is 1.49. The summed E-state index contributed by atoms with van der Waals surface area (Å²) in [7, 11) is 0. The topological polar surface area (TPSA) is 9.23 Å². The van der Waals surface area contributed by atoms with E-state index in [2.05, 4.69) is 18.2 Å². The van der Waals surface area contributed by atoms with Crippen molar-refractivity contribution in [3.05, 3.63) is 23.8 Å². The molecular formula is C11H18O. The van der Waals surface area contributed by atoms with Crippen LogP contribution in [0.2, 0.25) is 0 Å². The standard InChI is InChI=1S/C11H18O/c1-2-12-10-6-9-11-7-4-3-5-8-11/h6-7,9H,2-5,8,10H2,1H3/b9-6+. The third-order valence-corrected chi connectivity index (χ3v) is 2.08. The van der Waals surface area contributed by atoms with Gasteiger partial charge < -0.3 is 4.74 Å². The van der Waals surface area contributed by atoms with Crippen LogP contribution in [0.5, 0.6) is 0 Å². The van der Waals surface area contributed by atoms with E-state index < -0.39 is 0 Å². The van der Waals surface area contributed by atoms with Crippen LogP contribution in [-0.4, -0.2) is 13.2 Å². The molecule has 12 heavy (non-hydrogen) atoms. The van der Waals surface area contributed by atoms with E-state index in [0.29, 0.717) is 0 Å². The second-order valence-corrected chi connectivity index (χ2v) is 3.09. The van der Waals surface area contributed by atoms with Gasteiger partial charge in [0.05, 0.1) is 6.61 Å². The van der Waals surface area contributed by atoms with E-state index in [4.69, 9.17) is 4.74 Å². The quantitative estimate of drug-likeness (QED) is 0.583. The average Bonchev–Trinajstić information content (AvgIpc) is 2.14. The van der Waals surface area contributed by atoms with Crippen molar-refractivity contribution in [2.24, 2.45) is 0 Å². The highest BCUT2D eigenvalue weighted by atomic mass is 16.5. The molecule has 1 heteroatoms. The summed E-state index contributed by atoms with van der Waals surface area (Å²) < 4.78 is 5.21. The van der Waals surface area contributed by atoms with Crippen LogP contribution in [0.1, 0.15) is 32.6 Å². The lowest BCUT2D eigenvalue weighted by molar-refractivity contribution is 0.177. The van der Waals surface area contributed by atoms with Gasteiger partial charge in [-0.05, 0) is 32.6 Å². The first-order valence-corrected chi connectivity index (χ1v) is 4.87. The van der Waals surface area contributed by atoms with Gasteiger partial charge in [0.2, 0.25) is 0 Å². The summed E-state index contributed by atoms with van der Waals surface area (Å²) >= 11 is 0. The molecule has 0 heterocycles. The Labute approximate surface area is 75.1 Å². The number of hydrogen-bond acceptors (Lipinski definition) is 1. The first kappa shape index (κ1) is 9.53. The molecule has 0 aliphatic heterocycles. The van der Waals surface area contributed by atoms with Gasteiger partial charge in [0.25, 0.3) is 0 Å². The maximum atomic E-state index is 5.21. The fourth-order valence-corrected chi connectivity index (χ4v) is 1.40. The highest BCUT2D eigenvalue weighted by Crippen LogP contribution is 2.17. The molecule has 0 saturated carbocycles. The molecule has 0 N–H and O–H groups in total. The van der Waals surface area contributed by atoms with Crippen LogP contribution in [0.25, 0.3) is 0 Å². The Bertz CT molecular complexity index is 168. The van der Waals surface area contributed by atoms with Crippen molar-refractivity contribution in [3.8, 4) is 0 Å². The minimum atomic E-state index is 0.758. The first-order valence-electron chi connectivity index (χ1n) is 4.87. The van der Waals surface area contributed by atoms with Gasteiger partial charge in [-0.15, -0.1) is 0 Å². The van der Waals surface area contributed by atoms with Gasteiger partial charge in [0, 0.05) is 6.61 Å². The summed E-state index contributed by atoms with van der Waals surface area (Å²) in [5.74, 6) is 0. The van der Waals surface area contributed by atoms with Crippen LogP contribution >= 0.6 is 0 Å². The Morgan fingerprint density at radius 2 is 2.42 bits per heavy atom. The number of rotatable bonds is 4. The second kappa shape index (κ2) is 6.01. The van der Waals surface area contributed by atoms with E-state index >= 15 is 0 Å². The summed E-state index contributed by atoms with van der Waals surface area (Å²) in [5, 5.41) is 0. The van der Waals surface area contributed by atoms with E-state index in [-0.39, 0.29) is 0 Å². The fourth-order valence-electron chi connectivity index (χ4n) is 1.40. The predicted octanol–water partition coefficient (Wildman–Crippen LogP) is 3.08. The van der Waals surface area contributed by atoms with Gasteiger partial charge in [-0.25, -0.2) is 0 Å². The smallest absolute Gasteiger partial charge is 0.0650 e. The summed E-state index contributed by atoms with van der Waals surface area (Å²) in [6, 6.07) is 0. The highest BCUT2D eigenvalue weighted by molar-refractivity contribution is 5.20. The van der Waals surface area contributed by atoms with Crippen molar-refractivity contribution in [1.82, 2.24) is 0 Å². The molecule has 0 radical (unpaired) electrons. The number of ether oxygens (including phenoxy) is 1. The zero-order valence-electron chi connectivity index (χ0n) is 7.88. The summed E-state index contributed by atoms with van der Waals surface area (Å²) in [6.07, 6.45) is 11.9. The molecule has 0 atom stereocenters. The molecule has 1 rings (SSSR count). The highest BCUT2D eigenvalue weighted by Gasteiger charge is 1.98. The molecule has 68 valence electrons. The number of allylic oxidation sites excluding steroid dienone is 3. The molecular weight excluding hydrogens is 148 g/mol.